The largest absolute Gasteiger partial charge is 0.550 e. The minimum absolute atomic E-state index is 0.629. The molecule has 0 atom stereocenters. The van der Waals surface area contributed by atoms with E-state index in [2.05, 4.69) is 22.7 Å². The van der Waals surface area contributed by atoms with Crippen molar-refractivity contribution < 1.29 is 28.7 Å². The molecular formula is C16H30N2O5. The number of carbonyl (C=O) groups is 1. The second-order valence-corrected chi connectivity index (χ2v) is 4.91. The van der Waals surface area contributed by atoms with Gasteiger partial charge in [-0.25, -0.2) is 9.55 Å². The van der Waals surface area contributed by atoms with Gasteiger partial charge in [0, 0.05) is 19.5 Å². The van der Waals surface area contributed by atoms with Crippen LogP contribution in [0.5, 0.6) is 0 Å². The summed E-state index contributed by atoms with van der Waals surface area (Å²) in [4.78, 5) is 12.2. The standard InChI is InChI=1S/C14H26N2O3.C2H4O2/c1-3-4-5-14-15-6-7-16(14)8-9-18-12-13-19-11-10-17-2;1-2(3)4/h6-7H,3-5,8-13H2,1-2H3;1H3,(H,3,4). The summed E-state index contributed by atoms with van der Waals surface area (Å²) < 4.78 is 18.0. The first-order valence-corrected chi connectivity index (χ1v) is 7.99. The summed E-state index contributed by atoms with van der Waals surface area (Å²) in [6, 6.07) is 0. The van der Waals surface area contributed by atoms with E-state index < -0.39 is 5.97 Å². The molecule has 1 aromatic heterocycles. The predicted molar refractivity (Wildman–Crippen MR) is 83.8 cm³/mol. The van der Waals surface area contributed by atoms with Crippen molar-refractivity contribution in [2.45, 2.75) is 39.7 Å². The lowest BCUT2D eigenvalue weighted by Gasteiger charge is -2.05. The van der Waals surface area contributed by atoms with E-state index in [1.54, 1.807) is 7.11 Å². The Hall–Kier alpha value is -1.44. The molecule has 0 saturated carbocycles. The van der Waals surface area contributed by atoms with Crippen LogP contribution in [0.3, 0.4) is 0 Å². The topological polar surface area (TPSA) is 87.5 Å². The average molecular weight is 330 g/mol. The second kappa shape index (κ2) is 15.5. The number of aryl methyl sites for hydroxylation is 1. The van der Waals surface area contributed by atoms with Crippen LogP contribution in [0.15, 0.2) is 12.4 Å². The van der Waals surface area contributed by atoms with Crippen molar-refractivity contribution in [2.75, 3.05) is 40.1 Å². The van der Waals surface area contributed by atoms with Gasteiger partial charge in [0.1, 0.15) is 18.9 Å². The Labute approximate surface area is 138 Å². The predicted octanol–water partition coefficient (Wildman–Crippen LogP) is 0.0806. The van der Waals surface area contributed by atoms with E-state index in [0.717, 1.165) is 26.5 Å². The summed E-state index contributed by atoms with van der Waals surface area (Å²) >= 11 is 0. The number of hydrogen-bond acceptors (Lipinski definition) is 5. The van der Waals surface area contributed by atoms with Gasteiger partial charge in [0.25, 0.3) is 5.82 Å². The number of aromatic nitrogens is 2. The summed E-state index contributed by atoms with van der Waals surface area (Å²) in [6.07, 6.45) is 7.59. The van der Waals surface area contributed by atoms with Crippen molar-refractivity contribution in [1.29, 1.82) is 0 Å². The van der Waals surface area contributed by atoms with E-state index in [1.807, 2.05) is 6.20 Å². The number of aromatic amines is 1. The van der Waals surface area contributed by atoms with Gasteiger partial charge in [0.2, 0.25) is 0 Å². The SMILES string of the molecule is CC(=O)[O-].CCCCc1[nH]cc[n+]1CCOCCOCCOC. The molecule has 7 nitrogen and oxygen atoms in total. The average Bonchev–Trinajstić information content (AvgIpc) is 2.94. The van der Waals surface area contributed by atoms with E-state index in [0.29, 0.717) is 26.4 Å². The van der Waals surface area contributed by atoms with Crippen LogP contribution >= 0.6 is 0 Å². The number of aliphatic carboxylic acids is 1. The number of ether oxygens (including phenoxy) is 3. The molecule has 1 rings (SSSR count). The summed E-state index contributed by atoms with van der Waals surface area (Å²) in [7, 11) is 1.67. The summed E-state index contributed by atoms with van der Waals surface area (Å²) in [5, 5.41) is 8.89. The number of nitrogens with one attached hydrogen (secondary N) is 1. The molecule has 1 N–H and O–H groups in total. The third-order valence-corrected chi connectivity index (χ3v) is 2.90. The maximum absolute atomic E-state index is 8.89. The highest BCUT2D eigenvalue weighted by atomic mass is 16.5. The maximum atomic E-state index is 8.89. The first kappa shape index (κ1) is 21.6. The number of rotatable bonds is 12. The molecule has 0 bridgehead atoms. The fourth-order valence-electron chi connectivity index (χ4n) is 1.79. The molecule has 1 heterocycles. The Balaban J connectivity index is 0.00000108. The van der Waals surface area contributed by atoms with Crippen LogP contribution in [0.4, 0.5) is 0 Å². The normalized spacial score (nSPS) is 10.2. The van der Waals surface area contributed by atoms with Gasteiger partial charge in [-0.2, -0.15) is 0 Å². The van der Waals surface area contributed by atoms with Crippen molar-refractivity contribution in [3.05, 3.63) is 18.2 Å². The molecule has 23 heavy (non-hydrogen) atoms. The number of methoxy groups -OCH3 is 1. The van der Waals surface area contributed by atoms with E-state index in [-0.39, 0.29) is 0 Å². The fraction of sp³-hybridized carbons (Fsp3) is 0.750. The molecule has 0 aliphatic carbocycles. The second-order valence-electron chi connectivity index (χ2n) is 4.91. The van der Waals surface area contributed by atoms with Gasteiger partial charge >= 0.3 is 0 Å². The maximum Gasteiger partial charge on any atom is 0.254 e. The number of H-pyrrole nitrogens is 1. The van der Waals surface area contributed by atoms with Crippen molar-refractivity contribution >= 4 is 5.97 Å². The van der Waals surface area contributed by atoms with Crippen LogP contribution in [0.1, 0.15) is 32.5 Å². The minimum Gasteiger partial charge on any atom is -0.550 e. The number of carbonyl (C=O) groups excluding carboxylic acids is 1. The monoisotopic (exact) mass is 330 g/mol. The number of hydrogen-bond donors (Lipinski definition) is 1. The summed E-state index contributed by atoms with van der Waals surface area (Å²) in [6.45, 7) is 7.33. The molecule has 0 spiro atoms. The Morgan fingerprint density at radius 3 is 2.43 bits per heavy atom. The van der Waals surface area contributed by atoms with Gasteiger partial charge in [-0.1, -0.05) is 13.3 Å². The molecule has 134 valence electrons. The number of carboxylic acid groups (broad SMARTS) is 1. The molecule has 0 radical (unpaired) electrons. The smallest absolute Gasteiger partial charge is 0.254 e. The summed E-state index contributed by atoms with van der Waals surface area (Å²) in [5.74, 6) is 0.196. The van der Waals surface area contributed by atoms with Gasteiger partial charge in [-0.3, -0.25) is 0 Å². The Morgan fingerprint density at radius 1 is 1.22 bits per heavy atom. The van der Waals surface area contributed by atoms with Gasteiger partial charge in [-0.15, -0.1) is 0 Å². The summed E-state index contributed by atoms with van der Waals surface area (Å²) in [5.41, 5.74) is 0. The third-order valence-electron chi connectivity index (χ3n) is 2.90. The van der Waals surface area contributed by atoms with Gasteiger partial charge in [0.05, 0.1) is 33.0 Å². The quantitative estimate of drug-likeness (QED) is 0.433. The highest BCUT2D eigenvalue weighted by Gasteiger charge is 2.08. The van der Waals surface area contributed by atoms with Gasteiger partial charge in [-0.05, 0) is 13.3 Å². The van der Waals surface area contributed by atoms with Crippen LogP contribution in [0.2, 0.25) is 0 Å². The zero-order valence-electron chi connectivity index (χ0n) is 14.5. The number of nitrogens with zero attached hydrogens (tertiary/aromatic N) is 1. The molecule has 1 aromatic rings. The van der Waals surface area contributed by atoms with Crippen LogP contribution < -0.4 is 9.67 Å². The van der Waals surface area contributed by atoms with Crippen LogP contribution in [-0.2, 0) is 32.0 Å². The van der Waals surface area contributed by atoms with Crippen molar-refractivity contribution in [3.8, 4) is 0 Å². The Bertz CT molecular complexity index is 392. The zero-order chi connectivity index (χ0) is 17.3. The number of carboxylic acids is 1. The van der Waals surface area contributed by atoms with Crippen LogP contribution in [0, 0.1) is 0 Å². The van der Waals surface area contributed by atoms with Crippen molar-refractivity contribution in [1.82, 2.24) is 4.98 Å². The van der Waals surface area contributed by atoms with E-state index in [4.69, 9.17) is 24.1 Å². The van der Waals surface area contributed by atoms with E-state index >= 15 is 0 Å². The molecular weight excluding hydrogens is 300 g/mol. The molecule has 0 aromatic carbocycles. The number of unbranched alkanes of at least 4 members (excludes halogenated alkanes) is 1. The van der Waals surface area contributed by atoms with E-state index in [9.17, 15) is 0 Å². The van der Waals surface area contributed by atoms with Crippen LogP contribution in [-0.4, -0.2) is 51.1 Å². The molecule has 0 aliphatic heterocycles. The van der Waals surface area contributed by atoms with Crippen LogP contribution in [0.25, 0.3) is 0 Å². The molecule has 0 aliphatic rings. The van der Waals surface area contributed by atoms with Crippen molar-refractivity contribution in [2.24, 2.45) is 0 Å². The lowest BCUT2D eigenvalue weighted by molar-refractivity contribution is -0.704. The molecule has 0 amide bonds. The van der Waals surface area contributed by atoms with Gasteiger partial charge < -0.3 is 24.1 Å². The fourth-order valence-corrected chi connectivity index (χ4v) is 1.79. The lowest BCUT2D eigenvalue weighted by atomic mass is 10.2. The van der Waals surface area contributed by atoms with E-state index in [1.165, 1.54) is 18.7 Å². The zero-order valence-corrected chi connectivity index (χ0v) is 14.5. The minimum atomic E-state index is -1.08. The number of imidazole rings is 1. The third kappa shape index (κ3) is 13.9. The lowest BCUT2D eigenvalue weighted by Crippen LogP contribution is -2.38. The Kier molecular flexibility index (Phi) is 14.5. The molecule has 7 heteroatoms. The highest BCUT2D eigenvalue weighted by Crippen LogP contribution is 1.96. The van der Waals surface area contributed by atoms with Crippen molar-refractivity contribution in [3.63, 3.8) is 0 Å². The highest BCUT2D eigenvalue weighted by molar-refractivity contribution is 5.60. The van der Waals surface area contributed by atoms with Gasteiger partial charge in [0.15, 0.2) is 0 Å². The molecule has 0 fully saturated rings. The first-order chi connectivity index (χ1) is 11.1. The first-order valence-electron chi connectivity index (χ1n) is 7.99. The molecule has 0 unspecified atom stereocenters. The molecule has 0 saturated heterocycles. The Morgan fingerprint density at radius 2 is 1.83 bits per heavy atom.